The maximum absolute atomic E-state index is 12.3. The van der Waals surface area contributed by atoms with Gasteiger partial charge in [-0.2, -0.15) is 0 Å². The molecule has 2 aromatic rings. The predicted octanol–water partition coefficient (Wildman–Crippen LogP) is 3.37. The number of ether oxygens (including phenoxy) is 2. The summed E-state index contributed by atoms with van der Waals surface area (Å²) in [5.74, 6) is -2.24. The third-order valence-corrected chi connectivity index (χ3v) is 3.33. The van der Waals surface area contributed by atoms with Crippen molar-refractivity contribution in [3.05, 3.63) is 71.3 Å². The van der Waals surface area contributed by atoms with Crippen LogP contribution in [0, 0.1) is 6.92 Å². The lowest BCUT2D eigenvalue weighted by Crippen LogP contribution is -2.24. The van der Waals surface area contributed by atoms with E-state index >= 15 is 0 Å². The van der Waals surface area contributed by atoms with E-state index in [2.05, 4.69) is 0 Å². The van der Waals surface area contributed by atoms with E-state index in [1.165, 1.54) is 0 Å². The number of aryl methyl sites for hydroxylation is 1. The van der Waals surface area contributed by atoms with Crippen molar-refractivity contribution >= 4 is 17.9 Å². The Bertz CT molecular complexity index is 719. The monoisotopic (exact) mass is 326 g/mol. The van der Waals surface area contributed by atoms with Gasteiger partial charge in [-0.1, -0.05) is 55.0 Å². The van der Waals surface area contributed by atoms with Crippen LogP contribution in [0.5, 0.6) is 0 Å². The summed E-state index contributed by atoms with van der Waals surface area (Å²) in [5, 5.41) is 0. The second-order valence-corrected chi connectivity index (χ2v) is 5.21. The van der Waals surface area contributed by atoms with E-state index in [4.69, 9.17) is 9.47 Å². The number of carbonyl (C=O) groups is 3. The van der Waals surface area contributed by atoms with Crippen LogP contribution < -0.4 is 0 Å². The van der Waals surface area contributed by atoms with Crippen LogP contribution >= 0.6 is 0 Å². The first-order valence-corrected chi connectivity index (χ1v) is 7.58. The minimum absolute atomic E-state index is 0.0547. The van der Waals surface area contributed by atoms with E-state index in [0.717, 1.165) is 5.56 Å². The highest BCUT2D eigenvalue weighted by atomic mass is 16.6. The minimum atomic E-state index is -1.30. The Balaban J connectivity index is 2.22. The Morgan fingerprint density at radius 1 is 0.958 bits per heavy atom. The summed E-state index contributed by atoms with van der Waals surface area (Å²) in [6.45, 7) is 3.47. The lowest BCUT2D eigenvalue weighted by atomic mass is 10.1. The molecule has 24 heavy (non-hydrogen) atoms. The Labute approximate surface area is 140 Å². The number of hydrogen-bond acceptors (Lipinski definition) is 5. The molecule has 0 aromatic heterocycles. The Hall–Kier alpha value is -2.95. The summed E-state index contributed by atoms with van der Waals surface area (Å²) in [4.78, 5) is 35.9. The molecule has 2 rings (SSSR count). The molecular formula is C19H18O5. The van der Waals surface area contributed by atoms with Crippen LogP contribution in [0.25, 0.3) is 0 Å². The van der Waals surface area contributed by atoms with Crippen LogP contribution in [0.3, 0.4) is 0 Å². The molecule has 0 amide bonds. The molecule has 0 heterocycles. The first kappa shape index (κ1) is 17.4. The lowest BCUT2D eigenvalue weighted by molar-refractivity contribution is -0.166. The molecule has 1 atom stereocenters. The topological polar surface area (TPSA) is 69.7 Å². The fraction of sp³-hybridized carbons (Fsp3) is 0.211. The van der Waals surface area contributed by atoms with Crippen LogP contribution in [0.2, 0.25) is 0 Å². The third-order valence-electron chi connectivity index (χ3n) is 3.33. The summed E-state index contributed by atoms with van der Waals surface area (Å²) < 4.78 is 10.0. The molecular weight excluding hydrogens is 308 g/mol. The van der Waals surface area contributed by atoms with Gasteiger partial charge in [0.1, 0.15) is 0 Å². The van der Waals surface area contributed by atoms with Gasteiger partial charge >= 0.3 is 17.9 Å². The summed E-state index contributed by atoms with van der Waals surface area (Å²) in [7, 11) is 0. The van der Waals surface area contributed by atoms with Gasteiger partial charge in [0.15, 0.2) is 0 Å². The number of hydrogen-bond donors (Lipinski definition) is 0. The van der Waals surface area contributed by atoms with Crippen molar-refractivity contribution in [2.24, 2.45) is 0 Å². The molecule has 5 heteroatoms. The maximum atomic E-state index is 12.3. The van der Waals surface area contributed by atoms with Crippen LogP contribution in [0.1, 0.15) is 40.9 Å². The van der Waals surface area contributed by atoms with E-state index in [9.17, 15) is 14.4 Å². The summed E-state index contributed by atoms with van der Waals surface area (Å²) in [6.07, 6.45) is -1.24. The number of benzene rings is 2. The van der Waals surface area contributed by atoms with Crippen molar-refractivity contribution in [2.75, 3.05) is 0 Å². The van der Waals surface area contributed by atoms with Gasteiger partial charge in [0.05, 0.1) is 5.56 Å². The molecule has 0 N–H and O–H groups in total. The first-order valence-electron chi connectivity index (χ1n) is 7.58. The van der Waals surface area contributed by atoms with Crippen molar-refractivity contribution in [1.29, 1.82) is 0 Å². The molecule has 0 aliphatic carbocycles. The van der Waals surface area contributed by atoms with Gasteiger partial charge in [0.2, 0.25) is 6.10 Å². The molecule has 0 saturated heterocycles. The molecule has 0 saturated carbocycles. The Morgan fingerprint density at radius 2 is 1.58 bits per heavy atom. The number of carbonyl (C=O) groups excluding carboxylic acids is 3. The SMILES string of the molecule is CCC(=O)OC(=O)C(OC(=O)c1ccc(C)cc1)c1ccccc1. The predicted molar refractivity (Wildman–Crippen MR) is 87.2 cm³/mol. The van der Waals surface area contributed by atoms with Gasteiger partial charge in [-0.05, 0) is 19.1 Å². The largest absolute Gasteiger partial charge is 0.442 e. The fourth-order valence-corrected chi connectivity index (χ4v) is 1.98. The summed E-state index contributed by atoms with van der Waals surface area (Å²) in [6, 6.07) is 15.2. The lowest BCUT2D eigenvalue weighted by Gasteiger charge is -2.16. The molecule has 0 radical (unpaired) electrons. The fourth-order valence-electron chi connectivity index (χ4n) is 1.98. The van der Waals surface area contributed by atoms with E-state index in [0.29, 0.717) is 11.1 Å². The quantitative estimate of drug-likeness (QED) is 0.622. The second kappa shape index (κ2) is 8.06. The van der Waals surface area contributed by atoms with Gasteiger partial charge < -0.3 is 9.47 Å². The Morgan fingerprint density at radius 3 is 2.17 bits per heavy atom. The molecule has 0 bridgehead atoms. The second-order valence-electron chi connectivity index (χ2n) is 5.21. The van der Waals surface area contributed by atoms with Crippen molar-refractivity contribution < 1.29 is 23.9 Å². The number of esters is 3. The maximum Gasteiger partial charge on any atom is 0.359 e. The van der Waals surface area contributed by atoms with Crippen molar-refractivity contribution in [3.63, 3.8) is 0 Å². The summed E-state index contributed by atoms with van der Waals surface area (Å²) in [5.41, 5.74) is 1.75. The van der Waals surface area contributed by atoms with Crippen molar-refractivity contribution in [3.8, 4) is 0 Å². The highest BCUT2D eigenvalue weighted by Gasteiger charge is 2.28. The normalized spacial score (nSPS) is 11.4. The molecule has 5 nitrogen and oxygen atoms in total. The average Bonchev–Trinajstić information content (AvgIpc) is 2.60. The van der Waals surface area contributed by atoms with Crippen LogP contribution in [-0.4, -0.2) is 17.9 Å². The zero-order valence-electron chi connectivity index (χ0n) is 13.5. The molecule has 2 aromatic carbocycles. The van der Waals surface area contributed by atoms with Crippen LogP contribution in [-0.2, 0) is 19.1 Å². The average molecular weight is 326 g/mol. The smallest absolute Gasteiger partial charge is 0.359 e. The highest BCUT2D eigenvalue weighted by molar-refractivity contribution is 5.94. The van der Waals surface area contributed by atoms with E-state index in [1.54, 1.807) is 61.5 Å². The molecule has 0 fully saturated rings. The molecule has 0 aliphatic rings. The van der Waals surface area contributed by atoms with Gasteiger partial charge in [0, 0.05) is 12.0 Å². The van der Waals surface area contributed by atoms with Gasteiger partial charge in [-0.3, -0.25) is 4.79 Å². The van der Waals surface area contributed by atoms with E-state index in [1.807, 2.05) is 6.92 Å². The minimum Gasteiger partial charge on any atom is -0.442 e. The highest BCUT2D eigenvalue weighted by Crippen LogP contribution is 2.21. The number of rotatable bonds is 5. The van der Waals surface area contributed by atoms with Crippen LogP contribution in [0.15, 0.2) is 54.6 Å². The Kier molecular flexibility index (Phi) is 5.84. The van der Waals surface area contributed by atoms with Crippen LogP contribution in [0.4, 0.5) is 0 Å². The molecule has 1 unspecified atom stereocenters. The van der Waals surface area contributed by atoms with Gasteiger partial charge in [-0.15, -0.1) is 0 Å². The zero-order chi connectivity index (χ0) is 17.5. The first-order chi connectivity index (χ1) is 11.5. The van der Waals surface area contributed by atoms with Crippen molar-refractivity contribution in [2.45, 2.75) is 26.4 Å². The van der Waals surface area contributed by atoms with E-state index < -0.39 is 24.0 Å². The third kappa shape index (κ3) is 4.52. The molecule has 124 valence electrons. The van der Waals surface area contributed by atoms with Gasteiger partial charge in [-0.25, -0.2) is 9.59 Å². The zero-order valence-corrected chi connectivity index (χ0v) is 13.5. The molecule has 0 aliphatic heterocycles. The van der Waals surface area contributed by atoms with Crippen molar-refractivity contribution in [1.82, 2.24) is 0 Å². The summed E-state index contributed by atoms with van der Waals surface area (Å²) >= 11 is 0. The van der Waals surface area contributed by atoms with E-state index in [-0.39, 0.29) is 6.42 Å². The standard InChI is InChI=1S/C19H18O5/c1-3-16(20)23-19(22)17(14-7-5-4-6-8-14)24-18(21)15-11-9-13(2)10-12-15/h4-12,17H,3H2,1-2H3. The van der Waals surface area contributed by atoms with Gasteiger partial charge in [0.25, 0.3) is 0 Å². The molecule has 0 spiro atoms.